The van der Waals surface area contributed by atoms with Crippen LogP contribution in [0.2, 0.25) is 5.28 Å². The molecule has 6 heteroatoms. The van der Waals surface area contributed by atoms with Gasteiger partial charge in [-0.1, -0.05) is 0 Å². The van der Waals surface area contributed by atoms with Crippen molar-refractivity contribution in [1.82, 2.24) is 15.0 Å². The molecule has 106 valence electrons. The highest BCUT2D eigenvalue weighted by molar-refractivity contribution is 6.28. The van der Waals surface area contributed by atoms with Gasteiger partial charge in [0.25, 0.3) is 0 Å². The Labute approximate surface area is 127 Å². The van der Waals surface area contributed by atoms with E-state index in [4.69, 9.17) is 23.1 Å². The van der Waals surface area contributed by atoms with Gasteiger partial charge in [0, 0.05) is 28.0 Å². The van der Waals surface area contributed by atoms with Crippen molar-refractivity contribution in [3.8, 4) is 11.3 Å². The number of hydrogen-bond acceptors (Lipinski definition) is 5. The van der Waals surface area contributed by atoms with Crippen molar-refractivity contribution in [3.63, 3.8) is 0 Å². The zero-order valence-electron chi connectivity index (χ0n) is 11.7. The van der Waals surface area contributed by atoms with Crippen molar-refractivity contribution < 1.29 is 0 Å². The predicted octanol–water partition coefficient (Wildman–Crippen LogP) is 3.13. The lowest BCUT2D eigenvalue weighted by Crippen LogP contribution is -2.01. The fourth-order valence-electron chi connectivity index (χ4n) is 2.42. The number of nitrogens with zero attached hydrogens (tertiary/aromatic N) is 3. The van der Waals surface area contributed by atoms with E-state index < -0.39 is 0 Å². The van der Waals surface area contributed by atoms with Gasteiger partial charge in [-0.2, -0.15) is 0 Å². The van der Waals surface area contributed by atoms with Gasteiger partial charge in [-0.3, -0.25) is 4.98 Å². The zero-order chi connectivity index (χ0) is 15.1. The van der Waals surface area contributed by atoms with Crippen molar-refractivity contribution in [2.75, 3.05) is 11.5 Å². The van der Waals surface area contributed by atoms with Crippen LogP contribution >= 0.6 is 11.6 Å². The maximum atomic E-state index is 6.32. The SMILES string of the molecule is Cc1cc(-c2c(C)nc3ccc(N)cc3c2N)nc(Cl)n1. The van der Waals surface area contributed by atoms with E-state index in [1.165, 1.54) is 0 Å². The van der Waals surface area contributed by atoms with Gasteiger partial charge in [-0.15, -0.1) is 0 Å². The second kappa shape index (κ2) is 4.86. The zero-order valence-corrected chi connectivity index (χ0v) is 12.4. The minimum atomic E-state index is 0.191. The summed E-state index contributed by atoms with van der Waals surface area (Å²) in [7, 11) is 0. The van der Waals surface area contributed by atoms with Gasteiger partial charge in [-0.25, -0.2) is 9.97 Å². The topological polar surface area (TPSA) is 90.7 Å². The van der Waals surface area contributed by atoms with E-state index in [1.807, 2.05) is 32.0 Å². The maximum absolute atomic E-state index is 6.32. The number of aromatic nitrogens is 3. The molecule has 0 saturated carbocycles. The molecule has 0 aliphatic heterocycles. The molecule has 0 radical (unpaired) electrons. The summed E-state index contributed by atoms with van der Waals surface area (Å²) in [6.07, 6.45) is 0. The normalized spacial score (nSPS) is 11.0. The van der Waals surface area contributed by atoms with E-state index in [-0.39, 0.29) is 5.28 Å². The summed E-state index contributed by atoms with van der Waals surface area (Å²) in [5.74, 6) is 0. The Hall–Kier alpha value is -2.40. The Kier molecular flexibility index (Phi) is 3.14. The number of halogens is 1. The third-order valence-corrected chi connectivity index (χ3v) is 3.48. The quantitative estimate of drug-likeness (QED) is 0.532. The molecule has 2 aromatic heterocycles. The molecule has 5 nitrogen and oxygen atoms in total. The average molecular weight is 300 g/mol. The maximum Gasteiger partial charge on any atom is 0.223 e. The molecule has 1 aromatic carbocycles. The number of nitrogen functional groups attached to an aromatic ring is 2. The summed E-state index contributed by atoms with van der Waals surface area (Å²) < 4.78 is 0. The molecule has 0 unspecified atom stereocenters. The van der Waals surface area contributed by atoms with Crippen LogP contribution in [-0.2, 0) is 0 Å². The van der Waals surface area contributed by atoms with E-state index in [2.05, 4.69) is 15.0 Å². The predicted molar refractivity (Wildman–Crippen MR) is 86.1 cm³/mol. The fourth-order valence-corrected chi connectivity index (χ4v) is 2.64. The van der Waals surface area contributed by atoms with Gasteiger partial charge in [-0.05, 0) is 49.7 Å². The van der Waals surface area contributed by atoms with Crippen LogP contribution in [-0.4, -0.2) is 15.0 Å². The monoisotopic (exact) mass is 299 g/mol. The Morgan fingerprint density at radius 2 is 1.76 bits per heavy atom. The van der Waals surface area contributed by atoms with E-state index in [0.717, 1.165) is 27.9 Å². The molecule has 4 N–H and O–H groups in total. The number of benzene rings is 1. The summed E-state index contributed by atoms with van der Waals surface area (Å²) in [6, 6.07) is 7.32. The fraction of sp³-hybridized carbons (Fsp3) is 0.133. The van der Waals surface area contributed by atoms with Crippen molar-refractivity contribution in [1.29, 1.82) is 0 Å². The Balaban J connectivity index is 2.36. The number of anilines is 2. The summed E-state index contributed by atoms with van der Waals surface area (Å²) in [6.45, 7) is 3.75. The van der Waals surface area contributed by atoms with Gasteiger partial charge < -0.3 is 11.5 Å². The standard InChI is InChI=1S/C15H14ClN5/c1-7-5-12(21-15(16)19-7)13-8(2)20-11-4-3-9(17)6-10(11)14(13)18/h3-6H,17H2,1-2H3,(H2,18,20). The molecule has 0 saturated heterocycles. The minimum Gasteiger partial charge on any atom is -0.399 e. The van der Waals surface area contributed by atoms with E-state index >= 15 is 0 Å². The molecule has 0 amide bonds. The van der Waals surface area contributed by atoms with Crippen LogP contribution in [0, 0.1) is 13.8 Å². The minimum absolute atomic E-state index is 0.191. The molecule has 3 rings (SSSR count). The van der Waals surface area contributed by atoms with Crippen LogP contribution in [0.15, 0.2) is 24.3 Å². The molecule has 21 heavy (non-hydrogen) atoms. The number of hydrogen-bond donors (Lipinski definition) is 2. The molecule has 0 atom stereocenters. The summed E-state index contributed by atoms with van der Waals surface area (Å²) in [5.41, 5.74) is 17.2. The first-order chi connectivity index (χ1) is 9.95. The number of aryl methyl sites for hydroxylation is 2. The highest BCUT2D eigenvalue weighted by atomic mass is 35.5. The van der Waals surface area contributed by atoms with Crippen molar-refractivity contribution in [2.24, 2.45) is 0 Å². The van der Waals surface area contributed by atoms with E-state index in [1.54, 1.807) is 6.07 Å². The van der Waals surface area contributed by atoms with Gasteiger partial charge in [0.15, 0.2) is 0 Å². The van der Waals surface area contributed by atoms with Crippen LogP contribution in [0.5, 0.6) is 0 Å². The largest absolute Gasteiger partial charge is 0.399 e. The number of fused-ring (bicyclic) bond motifs is 1. The first kappa shape index (κ1) is 13.6. The van der Waals surface area contributed by atoms with Gasteiger partial charge in [0.2, 0.25) is 5.28 Å². The molecule has 3 aromatic rings. The third-order valence-electron chi connectivity index (χ3n) is 3.31. The second-order valence-corrected chi connectivity index (χ2v) is 5.26. The first-order valence-electron chi connectivity index (χ1n) is 6.42. The van der Waals surface area contributed by atoms with E-state index in [9.17, 15) is 0 Å². The lowest BCUT2D eigenvalue weighted by molar-refractivity contribution is 1.10. The van der Waals surface area contributed by atoms with Crippen LogP contribution in [0.4, 0.5) is 11.4 Å². The molecule has 0 aliphatic carbocycles. The highest BCUT2D eigenvalue weighted by Gasteiger charge is 2.14. The number of nitrogens with two attached hydrogens (primary N) is 2. The van der Waals surface area contributed by atoms with Crippen molar-refractivity contribution >= 4 is 33.9 Å². The van der Waals surface area contributed by atoms with Gasteiger partial charge in [0.05, 0.1) is 16.9 Å². The Morgan fingerprint density at radius 1 is 1.00 bits per heavy atom. The van der Waals surface area contributed by atoms with Crippen LogP contribution in [0.3, 0.4) is 0 Å². The van der Waals surface area contributed by atoms with Crippen LogP contribution in [0.1, 0.15) is 11.4 Å². The Bertz CT molecular complexity index is 840. The van der Waals surface area contributed by atoms with Crippen molar-refractivity contribution in [3.05, 3.63) is 40.9 Å². The molecular formula is C15H14ClN5. The smallest absolute Gasteiger partial charge is 0.223 e. The molecule has 0 fully saturated rings. The average Bonchev–Trinajstić information content (AvgIpc) is 2.39. The number of rotatable bonds is 1. The lowest BCUT2D eigenvalue weighted by Gasteiger charge is -2.12. The molecular weight excluding hydrogens is 286 g/mol. The lowest BCUT2D eigenvalue weighted by atomic mass is 10.0. The molecule has 0 spiro atoms. The first-order valence-corrected chi connectivity index (χ1v) is 6.80. The number of pyridine rings is 1. The third kappa shape index (κ3) is 2.36. The molecule has 0 bridgehead atoms. The second-order valence-electron chi connectivity index (χ2n) is 4.93. The molecule has 2 heterocycles. The van der Waals surface area contributed by atoms with E-state index in [0.29, 0.717) is 17.1 Å². The Morgan fingerprint density at radius 3 is 2.48 bits per heavy atom. The van der Waals surface area contributed by atoms with Crippen LogP contribution in [0.25, 0.3) is 22.2 Å². The summed E-state index contributed by atoms with van der Waals surface area (Å²) >= 11 is 5.94. The van der Waals surface area contributed by atoms with Crippen LogP contribution < -0.4 is 11.5 Å². The van der Waals surface area contributed by atoms with Crippen molar-refractivity contribution in [2.45, 2.75) is 13.8 Å². The summed E-state index contributed by atoms with van der Waals surface area (Å²) in [4.78, 5) is 12.9. The molecule has 0 aliphatic rings. The summed E-state index contributed by atoms with van der Waals surface area (Å²) in [5, 5.41) is 1.000. The highest BCUT2D eigenvalue weighted by Crippen LogP contribution is 2.34. The van der Waals surface area contributed by atoms with Gasteiger partial charge >= 0.3 is 0 Å². The van der Waals surface area contributed by atoms with Gasteiger partial charge in [0.1, 0.15) is 0 Å².